The standard InChI is InChI=1S/C16H18FN3O2S/c1-11-10-23-15(18-11)19-16(21)20-8-6-12(7-9-20)22-14-5-3-2-4-13(14)17/h2-5,10,12H,6-9H2,1H3,(H,18,19,21). The van der Waals surface area contributed by atoms with Gasteiger partial charge in [0.1, 0.15) is 6.10 Å². The molecule has 7 heteroatoms. The van der Waals surface area contributed by atoms with Crippen LogP contribution in [-0.2, 0) is 0 Å². The molecule has 1 aliphatic heterocycles. The summed E-state index contributed by atoms with van der Waals surface area (Å²) >= 11 is 1.41. The molecule has 0 spiro atoms. The van der Waals surface area contributed by atoms with Crippen LogP contribution in [0.5, 0.6) is 5.75 Å². The minimum Gasteiger partial charge on any atom is -0.487 e. The number of nitrogens with zero attached hydrogens (tertiary/aromatic N) is 2. The lowest BCUT2D eigenvalue weighted by Gasteiger charge is -2.32. The van der Waals surface area contributed by atoms with Crippen molar-refractivity contribution in [1.29, 1.82) is 0 Å². The third-order valence-electron chi connectivity index (χ3n) is 3.69. The third kappa shape index (κ3) is 3.98. The molecule has 2 aromatic rings. The number of carbonyl (C=O) groups excluding carboxylic acids is 1. The molecule has 0 saturated carbocycles. The minimum atomic E-state index is -0.355. The molecular formula is C16H18FN3O2S. The SMILES string of the molecule is Cc1csc(NC(=O)N2CCC(Oc3ccccc3F)CC2)n1. The predicted octanol–water partition coefficient (Wildman–Crippen LogP) is 3.67. The molecule has 1 aliphatic rings. The van der Waals surface area contributed by atoms with Crippen LogP contribution in [0.25, 0.3) is 0 Å². The van der Waals surface area contributed by atoms with Crippen LogP contribution in [0.4, 0.5) is 14.3 Å². The molecule has 0 aliphatic carbocycles. The molecule has 1 saturated heterocycles. The van der Waals surface area contributed by atoms with Crippen molar-refractivity contribution in [1.82, 2.24) is 9.88 Å². The number of hydrogen-bond donors (Lipinski definition) is 1. The van der Waals surface area contributed by atoms with Gasteiger partial charge in [-0.1, -0.05) is 12.1 Å². The van der Waals surface area contributed by atoms with Crippen LogP contribution in [0.15, 0.2) is 29.6 Å². The highest BCUT2D eigenvalue weighted by atomic mass is 32.1. The van der Waals surface area contributed by atoms with Gasteiger partial charge in [0.05, 0.1) is 5.69 Å². The summed E-state index contributed by atoms with van der Waals surface area (Å²) < 4.78 is 19.3. The molecule has 2 amide bonds. The van der Waals surface area contributed by atoms with Crippen molar-refractivity contribution in [3.05, 3.63) is 41.2 Å². The van der Waals surface area contributed by atoms with Gasteiger partial charge in [-0.3, -0.25) is 5.32 Å². The Balaban J connectivity index is 1.50. The van der Waals surface area contributed by atoms with Crippen LogP contribution in [0, 0.1) is 12.7 Å². The zero-order valence-electron chi connectivity index (χ0n) is 12.8. The summed E-state index contributed by atoms with van der Waals surface area (Å²) in [6.45, 7) is 3.04. The Morgan fingerprint density at radius 1 is 1.39 bits per heavy atom. The smallest absolute Gasteiger partial charge is 0.323 e. The van der Waals surface area contributed by atoms with Crippen LogP contribution in [0.3, 0.4) is 0 Å². The number of nitrogens with one attached hydrogen (secondary N) is 1. The lowest BCUT2D eigenvalue weighted by molar-refractivity contribution is 0.112. The molecule has 1 N–H and O–H groups in total. The first-order valence-electron chi connectivity index (χ1n) is 7.51. The van der Waals surface area contributed by atoms with Crippen LogP contribution in [0.2, 0.25) is 0 Å². The van der Waals surface area contributed by atoms with Crippen molar-refractivity contribution in [3.8, 4) is 5.75 Å². The van der Waals surface area contributed by atoms with E-state index in [4.69, 9.17) is 4.74 Å². The second-order valence-corrected chi connectivity index (χ2v) is 6.32. The summed E-state index contributed by atoms with van der Waals surface area (Å²) in [5, 5.41) is 5.30. The summed E-state index contributed by atoms with van der Waals surface area (Å²) in [4.78, 5) is 18.1. The van der Waals surface area contributed by atoms with Crippen molar-refractivity contribution >= 4 is 22.5 Å². The monoisotopic (exact) mass is 335 g/mol. The van der Waals surface area contributed by atoms with E-state index in [-0.39, 0.29) is 23.7 Å². The number of ether oxygens (including phenoxy) is 1. The van der Waals surface area contributed by atoms with Gasteiger partial charge in [0.25, 0.3) is 0 Å². The van der Waals surface area contributed by atoms with E-state index in [1.807, 2.05) is 12.3 Å². The van der Waals surface area contributed by atoms with E-state index < -0.39 is 0 Å². The Morgan fingerprint density at radius 2 is 2.13 bits per heavy atom. The largest absolute Gasteiger partial charge is 0.487 e. The number of anilines is 1. The van der Waals surface area contributed by atoms with Crippen LogP contribution < -0.4 is 10.1 Å². The number of halogens is 1. The highest BCUT2D eigenvalue weighted by molar-refractivity contribution is 7.13. The normalized spacial score (nSPS) is 15.5. The molecule has 23 heavy (non-hydrogen) atoms. The molecule has 1 aromatic carbocycles. The molecule has 5 nitrogen and oxygen atoms in total. The van der Waals surface area contributed by atoms with Gasteiger partial charge < -0.3 is 9.64 Å². The number of aryl methyl sites for hydroxylation is 1. The van der Waals surface area contributed by atoms with Gasteiger partial charge >= 0.3 is 6.03 Å². The Labute approximate surface area is 138 Å². The lowest BCUT2D eigenvalue weighted by atomic mass is 10.1. The number of rotatable bonds is 3. The van der Waals surface area contributed by atoms with Gasteiger partial charge in [0.15, 0.2) is 16.7 Å². The summed E-state index contributed by atoms with van der Waals surface area (Å²) in [7, 11) is 0. The van der Waals surface area contributed by atoms with Crippen LogP contribution >= 0.6 is 11.3 Å². The second-order valence-electron chi connectivity index (χ2n) is 5.46. The van der Waals surface area contributed by atoms with Crippen molar-refractivity contribution in [2.45, 2.75) is 25.9 Å². The number of para-hydroxylation sites is 1. The molecule has 1 aromatic heterocycles. The fourth-order valence-electron chi connectivity index (χ4n) is 2.48. The zero-order chi connectivity index (χ0) is 16.2. The number of thiazole rings is 1. The van der Waals surface area contributed by atoms with Gasteiger partial charge in [0.2, 0.25) is 0 Å². The molecule has 0 bridgehead atoms. The molecule has 122 valence electrons. The highest BCUT2D eigenvalue weighted by Gasteiger charge is 2.25. The Hall–Kier alpha value is -2.15. The van der Waals surface area contributed by atoms with Gasteiger partial charge in [-0.25, -0.2) is 14.2 Å². The molecule has 3 rings (SSSR count). The fraction of sp³-hybridized carbons (Fsp3) is 0.375. The minimum absolute atomic E-state index is 0.0712. The first kappa shape index (κ1) is 15.7. The summed E-state index contributed by atoms with van der Waals surface area (Å²) in [6.07, 6.45) is 1.29. The average molecular weight is 335 g/mol. The molecule has 0 unspecified atom stereocenters. The number of benzene rings is 1. The molecule has 0 radical (unpaired) electrons. The van der Waals surface area contributed by atoms with E-state index in [9.17, 15) is 9.18 Å². The van der Waals surface area contributed by atoms with Crippen LogP contribution in [0.1, 0.15) is 18.5 Å². The van der Waals surface area contributed by atoms with Gasteiger partial charge in [0, 0.05) is 31.3 Å². The zero-order valence-corrected chi connectivity index (χ0v) is 13.6. The van der Waals surface area contributed by atoms with E-state index in [1.165, 1.54) is 17.4 Å². The fourth-order valence-corrected chi connectivity index (χ4v) is 3.16. The topological polar surface area (TPSA) is 54.5 Å². The summed E-state index contributed by atoms with van der Waals surface area (Å²) in [5.74, 6) is -0.0829. The molecule has 0 atom stereocenters. The van der Waals surface area contributed by atoms with E-state index in [1.54, 1.807) is 23.1 Å². The van der Waals surface area contributed by atoms with Gasteiger partial charge in [-0.05, 0) is 19.1 Å². The maximum atomic E-state index is 13.6. The van der Waals surface area contributed by atoms with E-state index in [2.05, 4.69) is 10.3 Å². The number of likely N-dealkylation sites (tertiary alicyclic amines) is 1. The first-order valence-corrected chi connectivity index (χ1v) is 8.39. The molecular weight excluding hydrogens is 317 g/mol. The molecule has 2 heterocycles. The quantitative estimate of drug-likeness (QED) is 0.931. The highest BCUT2D eigenvalue weighted by Crippen LogP contribution is 2.22. The summed E-state index contributed by atoms with van der Waals surface area (Å²) in [5.41, 5.74) is 0.891. The summed E-state index contributed by atoms with van der Waals surface area (Å²) in [6, 6.07) is 6.24. The van der Waals surface area contributed by atoms with Crippen LogP contribution in [-0.4, -0.2) is 35.1 Å². The second kappa shape index (κ2) is 6.95. The number of hydrogen-bond acceptors (Lipinski definition) is 4. The van der Waals surface area contributed by atoms with E-state index in [0.717, 1.165) is 5.69 Å². The van der Waals surface area contributed by atoms with Crippen molar-refractivity contribution in [2.24, 2.45) is 0 Å². The number of carbonyl (C=O) groups is 1. The Kier molecular flexibility index (Phi) is 4.76. The molecule has 1 fully saturated rings. The maximum Gasteiger partial charge on any atom is 0.323 e. The maximum absolute atomic E-state index is 13.6. The van der Waals surface area contributed by atoms with Crippen molar-refractivity contribution < 1.29 is 13.9 Å². The number of aromatic nitrogens is 1. The Morgan fingerprint density at radius 3 is 2.78 bits per heavy atom. The lowest BCUT2D eigenvalue weighted by Crippen LogP contribution is -2.43. The Bertz CT molecular complexity index is 683. The third-order valence-corrected chi connectivity index (χ3v) is 4.57. The first-order chi connectivity index (χ1) is 11.1. The average Bonchev–Trinajstić information content (AvgIpc) is 2.95. The van der Waals surface area contributed by atoms with E-state index >= 15 is 0 Å². The number of amides is 2. The number of urea groups is 1. The van der Waals surface area contributed by atoms with E-state index in [0.29, 0.717) is 31.1 Å². The van der Waals surface area contributed by atoms with Gasteiger partial charge in [-0.15, -0.1) is 11.3 Å². The predicted molar refractivity (Wildman–Crippen MR) is 87.5 cm³/mol. The van der Waals surface area contributed by atoms with Crippen molar-refractivity contribution in [3.63, 3.8) is 0 Å². The van der Waals surface area contributed by atoms with Gasteiger partial charge in [-0.2, -0.15) is 0 Å². The van der Waals surface area contributed by atoms with Crippen molar-refractivity contribution in [2.75, 3.05) is 18.4 Å². The number of piperidine rings is 1.